The number of hydrogen-bond donors (Lipinski definition) is 1. The Bertz CT molecular complexity index is 861. The molecular weight excluding hydrogens is 346 g/mol. The van der Waals surface area contributed by atoms with Crippen LogP contribution in [0.4, 0.5) is 0 Å². The summed E-state index contributed by atoms with van der Waals surface area (Å²) in [6, 6.07) is 13.6. The molecule has 0 unspecified atom stereocenters. The standard InChI is InChI=1S/C17H14ClN3O2S/c1-21-16(12-2-6-13(18)7-3-12)19-20-17(21)24-10-15(23)11-4-8-14(22)9-5-11/h2-9,22H,10H2,1H3. The van der Waals surface area contributed by atoms with E-state index in [0.29, 0.717) is 21.6 Å². The molecule has 3 rings (SSSR count). The molecule has 0 radical (unpaired) electrons. The molecule has 1 N–H and O–H groups in total. The van der Waals surface area contributed by atoms with Gasteiger partial charge in [0.05, 0.1) is 5.75 Å². The van der Waals surface area contributed by atoms with Gasteiger partial charge >= 0.3 is 0 Å². The van der Waals surface area contributed by atoms with Crippen LogP contribution in [0.25, 0.3) is 11.4 Å². The van der Waals surface area contributed by atoms with Gasteiger partial charge < -0.3 is 9.67 Å². The quantitative estimate of drug-likeness (QED) is 0.554. The molecule has 0 aliphatic carbocycles. The maximum absolute atomic E-state index is 12.2. The van der Waals surface area contributed by atoms with Crippen LogP contribution < -0.4 is 0 Å². The van der Waals surface area contributed by atoms with Crippen LogP contribution in [-0.4, -0.2) is 31.4 Å². The van der Waals surface area contributed by atoms with E-state index in [0.717, 1.165) is 5.56 Å². The summed E-state index contributed by atoms with van der Waals surface area (Å²) >= 11 is 7.22. The molecule has 0 saturated heterocycles. The Hall–Kier alpha value is -2.31. The van der Waals surface area contributed by atoms with Crippen molar-refractivity contribution in [1.29, 1.82) is 0 Å². The van der Waals surface area contributed by atoms with Gasteiger partial charge in [0.25, 0.3) is 0 Å². The summed E-state index contributed by atoms with van der Waals surface area (Å²) in [5.74, 6) is 1.07. The van der Waals surface area contributed by atoms with Crippen LogP contribution in [0.2, 0.25) is 5.02 Å². The number of phenolic OH excluding ortho intramolecular Hbond substituents is 1. The highest BCUT2D eigenvalue weighted by molar-refractivity contribution is 7.99. The lowest BCUT2D eigenvalue weighted by Gasteiger charge is -2.04. The lowest BCUT2D eigenvalue weighted by molar-refractivity contribution is 0.102. The molecule has 0 aliphatic rings. The van der Waals surface area contributed by atoms with Crippen molar-refractivity contribution in [3.63, 3.8) is 0 Å². The SMILES string of the molecule is Cn1c(SCC(=O)c2ccc(O)cc2)nnc1-c1ccc(Cl)cc1. The second kappa shape index (κ2) is 7.07. The van der Waals surface area contributed by atoms with Gasteiger partial charge in [-0.15, -0.1) is 10.2 Å². The Morgan fingerprint density at radius 2 is 1.79 bits per heavy atom. The van der Waals surface area contributed by atoms with Gasteiger partial charge in [-0.2, -0.15) is 0 Å². The van der Waals surface area contributed by atoms with Crippen LogP contribution in [0.15, 0.2) is 53.7 Å². The molecule has 122 valence electrons. The molecule has 24 heavy (non-hydrogen) atoms. The number of carbonyl (C=O) groups is 1. The van der Waals surface area contributed by atoms with E-state index >= 15 is 0 Å². The number of phenols is 1. The molecule has 0 saturated carbocycles. The van der Waals surface area contributed by atoms with Gasteiger partial charge in [-0.1, -0.05) is 23.4 Å². The molecular formula is C17H14ClN3O2S. The number of benzene rings is 2. The Morgan fingerprint density at radius 3 is 2.46 bits per heavy atom. The third-order valence-corrected chi connectivity index (χ3v) is 4.73. The van der Waals surface area contributed by atoms with Crippen molar-refractivity contribution in [2.45, 2.75) is 5.16 Å². The van der Waals surface area contributed by atoms with Crippen LogP contribution >= 0.6 is 23.4 Å². The van der Waals surface area contributed by atoms with Gasteiger partial charge in [0.2, 0.25) is 0 Å². The summed E-state index contributed by atoms with van der Waals surface area (Å²) < 4.78 is 1.85. The number of nitrogens with zero attached hydrogens (tertiary/aromatic N) is 3. The fourth-order valence-electron chi connectivity index (χ4n) is 2.15. The number of carbonyl (C=O) groups excluding carboxylic acids is 1. The fourth-order valence-corrected chi connectivity index (χ4v) is 3.08. The number of Topliss-reactive ketones (excluding diaryl/α,β-unsaturated/α-hetero) is 1. The minimum absolute atomic E-state index is 0.0314. The average molecular weight is 360 g/mol. The Morgan fingerprint density at radius 1 is 1.12 bits per heavy atom. The smallest absolute Gasteiger partial charge is 0.191 e. The number of hydrogen-bond acceptors (Lipinski definition) is 5. The van der Waals surface area contributed by atoms with Gasteiger partial charge in [-0.3, -0.25) is 4.79 Å². The van der Waals surface area contributed by atoms with Gasteiger partial charge in [-0.05, 0) is 48.5 Å². The monoisotopic (exact) mass is 359 g/mol. The van der Waals surface area contributed by atoms with Gasteiger partial charge in [0, 0.05) is 23.2 Å². The molecule has 1 aromatic heterocycles. The normalized spacial score (nSPS) is 10.8. The summed E-state index contributed by atoms with van der Waals surface area (Å²) in [7, 11) is 1.86. The van der Waals surface area contributed by atoms with Gasteiger partial charge in [-0.25, -0.2) is 0 Å². The van der Waals surface area contributed by atoms with E-state index < -0.39 is 0 Å². The highest BCUT2D eigenvalue weighted by atomic mass is 35.5. The van der Waals surface area contributed by atoms with Gasteiger partial charge in [0.1, 0.15) is 5.75 Å². The Balaban J connectivity index is 1.71. The largest absolute Gasteiger partial charge is 0.508 e. The Kier molecular flexibility index (Phi) is 4.87. The second-order valence-corrected chi connectivity index (χ2v) is 6.51. The maximum Gasteiger partial charge on any atom is 0.191 e. The van der Waals surface area contributed by atoms with E-state index in [-0.39, 0.29) is 17.3 Å². The molecule has 2 aromatic carbocycles. The first-order valence-corrected chi connectivity index (χ1v) is 8.51. The van der Waals surface area contributed by atoms with E-state index in [9.17, 15) is 9.90 Å². The molecule has 0 aliphatic heterocycles. The topological polar surface area (TPSA) is 68.0 Å². The van der Waals surface area contributed by atoms with E-state index in [1.165, 1.54) is 23.9 Å². The highest BCUT2D eigenvalue weighted by Gasteiger charge is 2.13. The van der Waals surface area contributed by atoms with Crippen LogP contribution in [-0.2, 0) is 7.05 Å². The van der Waals surface area contributed by atoms with Crippen molar-refractivity contribution in [2.75, 3.05) is 5.75 Å². The summed E-state index contributed by atoms with van der Waals surface area (Å²) in [5, 5.41) is 18.9. The average Bonchev–Trinajstić information content (AvgIpc) is 2.95. The maximum atomic E-state index is 12.2. The third-order valence-electron chi connectivity index (χ3n) is 3.46. The van der Waals surface area contributed by atoms with Crippen molar-refractivity contribution >= 4 is 29.1 Å². The zero-order valence-electron chi connectivity index (χ0n) is 12.8. The van der Waals surface area contributed by atoms with Crippen molar-refractivity contribution < 1.29 is 9.90 Å². The van der Waals surface area contributed by atoms with Crippen molar-refractivity contribution in [2.24, 2.45) is 7.05 Å². The zero-order valence-corrected chi connectivity index (χ0v) is 14.4. The lowest BCUT2D eigenvalue weighted by Crippen LogP contribution is -2.03. The molecule has 0 atom stereocenters. The van der Waals surface area contributed by atoms with E-state index in [4.69, 9.17) is 11.6 Å². The molecule has 0 fully saturated rings. The number of halogens is 1. The first kappa shape index (κ1) is 16.5. The molecule has 3 aromatic rings. The fraction of sp³-hybridized carbons (Fsp3) is 0.118. The molecule has 0 spiro atoms. The lowest BCUT2D eigenvalue weighted by atomic mass is 10.1. The van der Waals surface area contributed by atoms with Crippen LogP contribution in [0.3, 0.4) is 0 Å². The number of ketones is 1. The summed E-state index contributed by atoms with van der Waals surface area (Å²) in [6.45, 7) is 0. The van der Waals surface area contributed by atoms with Crippen molar-refractivity contribution in [1.82, 2.24) is 14.8 Å². The Labute approximate surface area is 148 Å². The zero-order chi connectivity index (χ0) is 17.1. The second-order valence-electron chi connectivity index (χ2n) is 5.13. The molecule has 7 heteroatoms. The summed E-state index contributed by atoms with van der Waals surface area (Å²) in [5.41, 5.74) is 1.46. The first-order chi connectivity index (χ1) is 11.5. The van der Waals surface area contributed by atoms with E-state index in [1.807, 2.05) is 23.7 Å². The minimum Gasteiger partial charge on any atom is -0.508 e. The van der Waals surface area contributed by atoms with Gasteiger partial charge in [0.15, 0.2) is 16.8 Å². The first-order valence-electron chi connectivity index (χ1n) is 7.15. The number of aromatic nitrogens is 3. The van der Waals surface area contributed by atoms with Crippen LogP contribution in [0, 0.1) is 0 Å². The van der Waals surface area contributed by atoms with Crippen molar-refractivity contribution in [3.05, 3.63) is 59.1 Å². The van der Waals surface area contributed by atoms with Crippen LogP contribution in [0.5, 0.6) is 5.75 Å². The molecule has 0 bridgehead atoms. The number of aromatic hydroxyl groups is 1. The van der Waals surface area contributed by atoms with E-state index in [2.05, 4.69) is 10.2 Å². The third kappa shape index (κ3) is 3.60. The number of thioether (sulfide) groups is 1. The van der Waals surface area contributed by atoms with Crippen LogP contribution in [0.1, 0.15) is 10.4 Å². The predicted octanol–water partition coefficient (Wildman–Crippen LogP) is 3.82. The minimum atomic E-state index is -0.0314. The molecule has 0 amide bonds. The molecule has 1 heterocycles. The summed E-state index contributed by atoms with van der Waals surface area (Å²) in [4.78, 5) is 12.2. The number of rotatable bonds is 5. The highest BCUT2D eigenvalue weighted by Crippen LogP contribution is 2.24. The predicted molar refractivity (Wildman–Crippen MR) is 94.6 cm³/mol. The summed E-state index contributed by atoms with van der Waals surface area (Å²) in [6.07, 6.45) is 0. The van der Waals surface area contributed by atoms with Crippen molar-refractivity contribution in [3.8, 4) is 17.1 Å². The van der Waals surface area contributed by atoms with E-state index in [1.54, 1.807) is 24.3 Å². The molecule has 5 nitrogen and oxygen atoms in total.